The summed E-state index contributed by atoms with van der Waals surface area (Å²) in [7, 11) is 0. The summed E-state index contributed by atoms with van der Waals surface area (Å²) in [5.41, 5.74) is 8.86. The molecule has 0 amide bonds. The number of nitrogen functional groups attached to an aromatic ring is 1. The summed E-state index contributed by atoms with van der Waals surface area (Å²) in [5.74, 6) is 0. The predicted molar refractivity (Wildman–Crippen MR) is 64.6 cm³/mol. The van der Waals surface area contributed by atoms with Gasteiger partial charge in [-0.15, -0.1) is 0 Å². The summed E-state index contributed by atoms with van der Waals surface area (Å²) in [6.07, 6.45) is 2.13. The fourth-order valence-corrected chi connectivity index (χ4v) is 1.90. The van der Waals surface area contributed by atoms with E-state index in [2.05, 4.69) is 42.4 Å². The quantitative estimate of drug-likeness (QED) is 0.685. The highest BCUT2D eigenvalue weighted by Crippen LogP contribution is 2.19. The van der Waals surface area contributed by atoms with Gasteiger partial charge in [0.25, 0.3) is 0 Å². The number of allylic oxidation sites excluding steroid dienone is 1. The van der Waals surface area contributed by atoms with Gasteiger partial charge in [0.05, 0.1) is 0 Å². The molecule has 2 rings (SSSR count). The van der Waals surface area contributed by atoms with Gasteiger partial charge in [-0.1, -0.05) is 0 Å². The lowest BCUT2D eigenvalue weighted by Crippen LogP contribution is -2.41. The minimum absolute atomic E-state index is 0.479. The van der Waals surface area contributed by atoms with Crippen LogP contribution in [0.1, 0.15) is 13.8 Å². The van der Waals surface area contributed by atoms with Gasteiger partial charge in [-0.2, -0.15) is 0 Å². The van der Waals surface area contributed by atoms with E-state index in [1.807, 2.05) is 12.1 Å². The average molecular weight is 203 g/mol. The topological polar surface area (TPSA) is 41.3 Å². The number of nitrogens with two attached hydrogens (primary N) is 1. The molecule has 15 heavy (non-hydrogen) atoms. The van der Waals surface area contributed by atoms with Crippen LogP contribution in [0.15, 0.2) is 36.2 Å². The molecule has 80 valence electrons. The molecule has 3 nitrogen and oxygen atoms in total. The highest BCUT2D eigenvalue weighted by atomic mass is 15.2. The Morgan fingerprint density at radius 3 is 2.60 bits per heavy atom. The molecule has 0 radical (unpaired) electrons. The molecule has 1 atom stereocenters. The third-order valence-corrected chi connectivity index (χ3v) is 2.52. The number of hydrogen-bond acceptors (Lipinski definition) is 3. The van der Waals surface area contributed by atoms with Crippen molar-refractivity contribution >= 4 is 11.4 Å². The second-order valence-corrected chi connectivity index (χ2v) is 4.10. The van der Waals surface area contributed by atoms with Gasteiger partial charge < -0.3 is 16.0 Å². The van der Waals surface area contributed by atoms with Crippen LogP contribution in [0.2, 0.25) is 0 Å². The molecule has 1 aliphatic heterocycles. The van der Waals surface area contributed by atoms with E-state index < -0.39 is 0 Å². The van der Waals surface area contributed by atoms with Gasteiger partial charge in [0.15, 0.2) is 0 Å². The van der Waals surface area contributed by atoms with Crippen molar-refractivity contribution in [3.63, 3.8) is 0 Å². The van der Waals surface area contributed by atoms with Crippen molar-refractivity contribution in [2.45, 2.75) is 19.9 Å². The lowest BCUT2D eigenvalue weighted by Gasteiger charge is -2.31. The van der Waals surface area contributed by atoms with E-state index in [4.69, 9.17) is 5.73 Å². The van der Waals surface area contributed by atoms with Gasteiger partial charge in [-0.05, 0) is 38.1 Å². The van der Waals surface area contributed by atoms with E-state index in [1.165, 1.54) is 11.4 Å². The van der Waals surface area contributed by atoms with Crippen molar-refractivity contribution in [2.24, 2.45) is 0 Å². The fraction of sp³-hybridized carbons (Fsp3) is 0.333. The van der Waals surface area contributed by atoms with Gasteiger partial charge in [0.2, 0.25) is 0 Å². The summed E-state index contributed by atoms with van der Waals surface area (Å²) in [6, 6.07) is 8.46. The van der Waals surface area contributed by atoms with Crippen LogP contribution in [0.5, 0.6) is 0 Å². The molecule has 1 heterocycles. The predicted octanol–water partition coefficient (Wildman–Crippen LogP) is 1.93. The second-order valence-electron chi connectivity index (χ2n) is 4.10. The zero-order chi connectivity index (χ0) is 10.8. The van der Waals surface area contributed by atoms with Gasteiger partial charge in [-0.3, -0.25) is 0 Å². The van der Waals surface area contributed by atoms with E-state index in [1.54, 1.807) is 0 Å². The van der Waals surface area contributed by atoms with Crippen molar-refractivity contribution in [2.75, 3.05) is 17.2 Å². The summed E-state index contributed by atoms with van der Waals surface area (Å²) >= 11 is 0. The highest BCUT2D eigenvalue weighted by molar-refractivity contribution is 5.55. The first-order valence-corrected chi connectivity index (χ1v) is 5.22. The highest BCUT2D eigenvalue weighted by Gasteiger charge is 2.14. The van der Waals surface area contributed by atoms with Crippen LogP contribution in [0.4, 0.5) is 11.4 Å². The van der Waals surface area contributed by atoms with Crippen LogP contribution in [-0.2, 0) is 0 Å². The lowest BCUT2D eigenvalue weighted by molar-refractivity contribution is 0.584. The third-order valence-electron chi connectivity index (χ3n) is 2.52. The van der Waals surface area contributed by atoms with Crippen molar-refractivity contribution in [3.05, 3.63) is 36.2 Å². The number of benzene rings is 1. The minimum Gasteiger partial charge on any atom is -0.399 e. The summed E-state index contributed by atoms with van der Waals surface area (Å²) in [5, 5.41) is 3.39. The van der Waals surface area contributed by atoms with Gasteiger partial charge >= 0.3 is 0 Å². The molecule has 1 aromatic carbocycles. The standard InChI is InChI=1S/C12H17N3/c1-9-7-15(8-10(2)14-9)12-5-3-11(13)4-6-12/h3-7,10,14H,8,13H2,1-2H3/t10-/m0/s1. The molecule has 0 saturated heterocycles. The minimum atomic E-state index is 0.479. The summed E-state index contributed by atoms with van der Waals surface area (Å²) in [6.45, 7) is 5.25. The third kappa shape index (κ3) is 2.24. The van der Waals surface area contributed by atoms with Gasteiger partial charge in [0, 0.05) is 35.9 Å². The van der Waals surface area contributed by atoms with Crippen LogP contribution in [0.3, 0.4) is 0 Å². The first-order valence-electron chi connectivity index (χ1n) is 5.22. The van der Waals surface area contributed by atoms with Crippen molar-refractivity contribution in [1.29, 1.82) is 0 Å². The number of anilines is 2. The van der Waals surface area contributed by atoms with Gasteiger partial charge in [0.1, 0.15) is 0 Å². The Balaban J connectivity index is 2.23. The molecule has 0 fully saturated rings. The maximum atomic E-state index is 5.66. The Morgan fingerprint density at radius 2 is 2.00 bits per heavy atom. The number of nitrogens with one attached hydrogen (secondary N) is 1. The summed E-state index contributed by atoms with van der Waals surface area (Å²) < 4.78 is 0. The Bertz CT molecular complexity index is 367. The SMILES string of the molecule is CC1=CN(c2ccc(N)cc2)C[C@H](C)N1. The van der Waals surface area contributed by atoms with E-state index in [0.29, 0.717) is 6.04 Å². The molecular weight excluding hydrogens is 186 g/mol. The molecule has 0 saturated carbocycles. The Morgan fingerprint density at radius 1 is 1.33 bits per heavy atom. The van der Waals surface area contributed by atoms with Crippen LogP contribution in [-0.4, -0.2) is 12.6 Å². The van der Waals surface area contributed by atoms with Crippen molar-refractivity contribution in [3.8, 4) is 0 Å². The van der Waals surface area contributed by atoms with E-state index in [-0.39, 0.29) is 0 Å². The summed E-state index contributed by atoms with van der Waals surface area (Å²) in [4.78, 5) is 2.25. The Kier molecular flexibility index (Phi) is 2.54. The zero-order valence-electron chi connectivity index (χ0n) is 9.20. The molecule has 0 aromatic heterocycles. The molecule has 3 N–H and O–H groups in total. The molecule has 1 aliphatic rings. The molecule has 0 unspecified atom stereocenters. The Labute approximate surface area is 90.6 Å². The lowest BCUT2D eigenvalue weighted by atomic mass is 10.2. The second kappa shape index (κ2) is 3.85. The fourth-order valence-electron chi connectivity index (χ4n) is 1.90. The zero-order valence-corrected chi connectivity index (χ0v) is 9.20. The molecule has 3 heteroatoms. The number of rotatable bonds is 1. The molecule has 0 aliphatic carbocycles. The maximum Gasteiger partial charge on any atom is 0.0425 e. The monoisotopic (exact) mass is 203 g/mol. The smallest absolute Gasteiger partial charge is 0.0425 e. The van der Waals surface area contributed by atoms with E-state index in [0.717, 1.165) is 12.2 Å². The first kappa shape index (κ1) is 9.90. The van der Waals surface area contributed by atoms with Crippen LogP contribution in [0, 0.1) is 0 Å². The normalized spacial score (nSPS) is 20.8. The number of hydrogen-bond donors (Lipinski definition) is 2. The maximum absolute atomic E-state index is 5.66. The van der Waals surface area contributed by atoms with E-state index in [9.17, 15) is 0 Å². The van der Waals surface area contributed by atoms with Crippen LogP contribution >= 0.6 is 0 Å². The molecule has 0 bridgehead atoms. The van der Waals surface area contributed by atoms with E-state index >= 15 is 0 Å². The first-order chi connectivity index (χ1) is 7.15. The van der Waals surface area contributed by atoms with Crippen LogP contribution < -0.4 is 16.0 Å². The molecule has 1 aromatic rings. The molecular formula is C12H17N3. The van der Waals surface area contributed by atoms with Crippen molar-refractivity contribution in [1.82, 2.24) is 5.32 Å². The van der Waals surface area contributed by atoms with Crippen molar-refractivity contribution < 1.29 is 0 Å². The molecule has 0 spiro atoms. The van der Waals surface area contributed by atoms with Gasteiger partial charge in [-0.25, -0.2) is 0 Å². The Hall–Kier alpha value is -1.64. The number of nitrogens with zero attached hydrogens (tertiary/aromatic N) is 1. The van der Waals surface area contributed by atoms with Crippen LogP contribution in [0.25, 0.3) is 0 Å². The average Bonchev–Trinajstić information content (AvgIpc) is 2.17. The largest absolute Gasteiger partial charge is 0.399 e.